The van der Waals surface area contributed by atoms with Crippen LogP contribution in [-0.2, 0) is 0 Å². The molecule has 0 radical (unpaired) electrons. The Hall–Kier alpha value is -0.0400. The Labute approximate surface area is 114 Å². The van der Waals surface area contributed by atoms with E-state index in [-0.39, 0.29) is 0 Å². The van der Waals surface area contributed by atoms with Crippen LogP contribution in [0.1, 0.15) is 90.9 Å². The molecule has 1 heteroatoms. The molecule has 0 aliphatic carbocycles. The van der Waals surface area contributed by atoms with E-state index in [2.05, 4.69) is 18.7 Å². The van der Waals surface area contributed by atoms with Crippen molar-refractivity contribution >= 4 is 0 Å². The second-order valence-corrected chi connectivity index (χ2v) is 6.55. The highest BCUT2D eigenvalue weighted by Crippen LogP contribution is 2.37. The smallest absolute Gasteiger partial charge is 0.0101 e. The Balaban J connectivity index is 1.96. The second kappa shape index (κ2) is 7.53. The second-order valence-electron chi connectivity index (χ2n) is 6.55. The maximum absolute atomic E-state index is 3.00. The normalized spacial score (nSPS) is 33.3. The lowest BCUT2D eigenvalue weighted by Gasteiger charge is -2.50. The van der Waals surface area contributed by atoms with Crippen LogP contribution in [0.2, 0.25) is 0 Å². The lowest BCUT2D eigenvalue weighted by molar-refractivity contribution is -0.00429. The van der Waals surface area contributed by atoms with E-state index in [0.29, 0.717) is 0 Å². The van der Waals surface area contributed by atoms with Crippen molar-refractivity contribution in [2.45, 2.75) is 109 Å². The topological polar surface area (TPSA) is 3.24 Å². The van der Waals surface area contributed by atoms with Crippen molar-refractivity contribution in [3.05, 3.63) is 0 Å². The van der Waals surface area contributed by atoms with Gasteiger partial charge in [-0.25, -0.2) is 0 Å². The SMILES string of the molecule is CCCCC1CCCC2CCCC(CCCC)N12. The fourth-order valence-corrected chi connectivity index (χ4v) is 4.28. The van der Waals surface area contributed by atoms with E-state index in [9.17, 15) is 0 Å². The summed E-state index contributed by atoms with van der Waals surface area (Å²) in [5, 5.41) is 0. The Morgan fingerprint density at radius 2 is 1.28 bits per heavy atom. The molecule has 1 nitrogen and oxygen atoms in total. The maximum atomic E-state index is 3.00. The van der Waals surface area contributed by atoms with Crippen LogP contribution in [0.3, 0.4) is 0 Å². The molecule has 2 rings (SSSR count). The summed E-state index contributed by atoms with van der Waals surface area (Å²) in [4.78, 5) is 3.00. The molecule has 0 aromatic rings. The number of fused-ring (bicyclic) bond motifs is 1. The van der Waals surface area contributed by atoms with Crippen LogP contribution in [-0.4, -0.2) is 23.0 Å². The first-order valence-electron chi connectivity index (χ1n) is 8.64. The van der Waals surface area contributed by atoms with E-state index in [1.54, 1.807) is 0 Å². The zero-order chi connectivity index (χ0) is 12.8. The quantitative estimate of drug-likeness (QED) is 0.631. The molecule has 0 N–H and O–H groups in total. The summed E-state index contributed by atoms with van der Waals surface area (Å²) in [5.41, 5.74) is 0. The molecule has 2 saturated heterocycles. The van der Waals surface area contributed by atoms with Gasteiger partial charge in [0, 0.05) is 18.1 Å². The van der Waals surface area contributed by atoms with Gasteiger partial charge in [0.15, 0.2) is 0 Å². The number of unbranched alkanes of at least 4 members (excludes halogenated alkanes) is 2. The predicted octanol–water partition coefficient (Wildman–Crippen LogP) is 5.14. The molecule has 0 spiro atoms. The van der Waals surface area contributed by atoms with E-state index >= 15 is 0 Å². The molecule has 2 aliphatic heterocycles. The molecule has 106 valence electrons. The third-order valence-corrected chi connectivity index (χ3v) is 5.20. The summed E-state index contributed by atoms with van der Waals surface area (Å²) in [6.07, 6.45) is 17.5. The van der Waals surface area contributed by atoms with Crippen molar-refractivity contribution in [2.75, 3.05) is 0 Å². The van der Waals surface area contributed by atoms with E-state index in [0.717, 1.165) is 18.1 Å². The fourth-order valence-electron chi connectivity index (χ4n) is 4.28. The highest BCUT2D eigenvalue weighted by molar-refractivity contribution is 4.92. The van der Waals surface area contributed by atoms with Crippen molar-refractivity contribution < 1.29 is 0 Å². The minimum Gasteiger partial charge on any atom is -0.294 e. The van der Waals surface area contributed by atoms with Gasteiger partial charge in [0.25, 0.3) is 0 Å². The van der Waals surface area contributed by atoms with Gasteiger partial charge >= 0.3 is 0 Å². The van der Waals surface area contributed by atoms with Gasteiger partial charge < -0.3 is 0 Å². The van der Waals surface area contributed by atoms with Gasteiger partial charge in [-0.15, -0.1) is 0 Å². The van der Waals surface area contributed by atoms with Crippen molar-refractivity contribution in [3.63, 3.8) is 0 Å². The molecule has 0 aromatic heterocycles. The number of rotatable bonds is 6. The summed E-state index contributed by atoms with van der Waals surface area (Å²) in [6.45, 7) is 4.68. The molecule has 2 heterocycles. The van der Waals surface area contributed by atoms with Gasteiger partial charge in [-0.1, -0.05) is 52.4 Å². The van der Waals surface area contributed by atoms with Crippen LogP contribution >= 0.6 is 0 Å². The lowest BCUT2D eigenvalue weighted by Crippen LogP contribution is -2.54. The Kier molecular flexibility index (Phi) is 6.01. The number of nitrogens with zero attached hydrogens (tertiary/aromatic N) is 1. The third-order valence-electron chi connectivity index (χ3n) is 5.20. The monoisotopic (exact) mass is 251 g/mol. The predicted molar refractivity (Wildman–Crippen MR) is 80.0 cm³/mol. The lowest BCUT2D eigenvalue weighted by atomic mass is 9.82. The maximum Gasteiger partial charge on any atom is 0.0101 e. The van der Waals surface area contributed by atoms with E-state index in [4.69, 9.17) is 0 Å². The first-order chi connectivity index (χ1) is 8.86. The molecule has 0 aromatic carbocycles. The minimum atomic E-state index is 0.936. The van der Waals surface area contributed by atoms with Crippen LogP contribution in [0.25, 0.3) is 0 Å². The van der Waals surface area contributed by atoms with Crippen molar-refractivity contribution in [2.24, 2.45) is 0 Å². The zero-order valence-electron chi connectivity index (χ0n) is 12.7. The summed E-state index contributed by atoms with van der Waals surface area (Å²) in [5.74, 6) is 0. The van der Waals surface area contributed by atoms with Crippen LogP contribution in [0.5, 0.6) is 0 Å². The highest BCUT2D eigenvalue weighted by Gasteiger charge is 2.36. The number of hydrogen-bond acceptors (Lipinski definition) is 1. The largest absolute Gasteiger partial charge is 0.294 e. The molecular formula is C17H33N. The fraction of sp³-hybridized carbons (Fsp3) is 1.00. The van der Waals surface area contributed by atoms with Crippen LogP contribution in [0, 0.1) is 0 Å². The summed E-state index contributed by atoms with van der Waals surface area (Å²) < 4.78 is 0. The average Bonchev–Trinajstić information content (AvgIpc) is 2.42. The van der Waals surface area contributed by atoms with Gasteiger partial charge in [-0.3, -0.25) is 4.90 Å². The first-order valence-corrected chi connectivity index (χ1v) is 8.64. The summed E-state index contributed by atoms with van der Waals surface area (Å²) in [6, 6.07) is 2.83. The minimum absolute atomic E-state index is 0.936. The number of piperidine rings is 2. The van der Waals surface area contributed by atoms with E-state index in [1.165, 1.54) is 77.0 Å². The molecule has 2 atom stereocenters. The molecule has 0 amide bonds. The molecule has 0 saturated carbocycles. The van der Waals surface area contributed by atoms with Crippen LogP contribution in [0.4, 0.5) is 0 Å². The molecule has 18 heavy (non-hydrogen) atoms. The van der Waals surface area contributed by atoms with Crippen molar-refractivity contribution in [1.29, 1.82) is 0 Å². The first kappa shape index (κ1) is 14.4. The molecular weight excluding hydrogens is 218 g/mol. The average molecular weight is 251 g/mol. The zero-order valence-corrected chi connectivity index (χ0v) is 12.7. The Bertz CT molecular complexity index is 204. The van der Waals surface area contributed by atoms with Gasteiger partial charge in [-0.2, -0.15) is 0 Å². The molecule has 2 aliphatic rings. The standard InChI is InChI=1S/C17H33N/c1-3-5-9-15-11-7-13-17-14-8-12-16(18(15)17)10-6-4-2/h15-17H,3-14H2,1-2H3. The van der Waals surface area contributed by atoms with Crippen molar-refractivity contribution in [1.82, 2.24) is 4.90 Å². The summed E-state index contributed by atoms with van der Waals surface area (Å²) in [7, 11) is 0. The number of hydrogen-bond donors (Lipinski definition) is 0. The Morgan fingerprint density at radius 3 is 1.72 bits per heavy atom. The molecule has 2 fully saturated rings. The molecule has 0 bridgehead atoms. The van der Waals surface area contributed by atoms with Crippen molar-refractivity contribution in [3.8, 4) is 0 Å². The van der Waals surface area contributed by atoms with Gasteiger partial charge in [0.2, 0.25) is 0 Å². The Morgan fingerprint density at radius 1 is 0.778 bits per heavy atom. The third kappa shape index (κ3) is 3.50. The van der Waals surface area contributed by atoms with Gasteiger partial charge in [-0.05, 0) is 38.5 Å². The van der Waals surface area contributed by atoms with E-state index in [1.807, 2.05) is 0 Å². The highest BCUT2D eigenvalue weighted by atomic mass is 15.2. The van der Waals surface area contributed by atoms with Crippen LogP contribution < -0.4 is 0 Å². The summed E-state index contributed by atoms with van der Waals surface area (Å²) >= 11 is 0. The van der Waals surface area contributed by atoms with Gasteiger partial charge in [0.05, 0.1) is 0 Å². The van der Waals surface area contributed by atoms with E-state index < -0.39 is 0 Å². The van der Waals surface area contributed by atoms with Gasteiger partial charge in [0.1, 0.15) is 0 Å². The van der Waals surface area contributed by atoms with Crippen LogP contribution in [0.15, 0.2) is 0 Å². The molecule has 2 unspecified atom stereocenters.